The molecule has 1 aliphatic heterocycles. The highest BCUT2D eigenvalue weighted by molar-refractivity contribution is 7.99. The Morgan fingerprint density at radius 3 is 2.48 bits per heavy atom. The fourth-order valence-corrected chi connectivity index (χ4v) is 5.08. The minimum Gasteiger partial charge on any atom is -0.322 e. The molecule has 1 unspecified atom stereocenters. The average Bonchev–Trinajstić information content (AvgIpc) is 3.34. The molecule has 1 fully saturated rings. The lowest BCUT2D eigenvalue weighted by Crippen LogP contribution is -2.30. The van der Waals surface area contributed by atoms with Gasteiger partial charge in [0, 0.05) is 27.8 Å². The Hall–Kier alpha value is -1.75. The summed E-state index contributed by atoms with van der Waals surface area (Å²) in [6, 6.07) is 19.8. The molecule has 3 aromatic rings. The number of thioether (sulfide) groups is 1. The molecule has 2 nitrogen and oxygen atoms in total. The van der Waals surface area contributed by atoms with Gasteiger partial charge in [-0.1, -0.05) is 41.9 Å². The molecule has 1 aliphatic rings. The highest BCUT2D eigenvalue weighted by Crippen LogP contribution is 2.39. The maximum Gasteiger partial charge on any atom is 0.255 e. The molecule has 2 aromatic carbocycles. The minimum absolute atomic E-state index is 0.0572. The fraction of sp³-hybridized carbons (Fsp3) is 0.150. The Kier molecular flexibility index (Phi) is 4.84. The summed E-state index contributed by atoms with van der Waals surface area (Å²) in [7, 11) is 0. The van der Waals surface area contributed by atoms with E-state index in [0.29, 0.717) is 5.02 Å². The SMILES string of the molecule is O=C(c1ccc(-c2cccs2)cc1)N1CCSC1c1ccc(Cl)cc1. The molecule has 5 heteroatoms. The number of carbonyl (C=O) groups excluding carboxylic acids is 1. The number of hydrogen-bond acceptors (Lipinski definition) is 3. The molecule has 1 saturated heterocycles. The van der Waals surface area contributed by atoms with Crippen LogP contribution in [0, 0.1) is 0 Å². The van der Waals surface area contributed by atoms with Crippen molar-refractivity contribution in [3.05, 3.63) is 82.2 Å². The van der Waals surface area contributed by atoms with Gasteiger partial charge >= 0.3 is 0 Å². The maximum absolute atomic E-state index is 13.0. The van der Waals surface area contributed by atoms with E-state index in [0.717, 1.165) is 29.0 Å². The summed E-state index contributed by atoms with van der Waals surface area (Å²) in [5, 5.41) is 2.84. The van der Waals surface area contributed by atoms with Crippen LogP contribution in [0.25, 0.3) is 10.4 Å². The van der Waals surface area contributed by atoms with Crippen LogP contribution in [0.4, 0.5) is 0 Å². The van der Waals surface area contributed by atoms with E-state index in [4.69, 9.17) is 11.6 Å². The summed E-state index contributed by atoms with van der Waals surface area (Å²) >= 11 is 9.49. The van der Waals surface area contributed by atoms with Crippen LogP contribution < -0.4 is 0 Å². The summed E-state index contributed by atoms with van der Waals surface area (Å²) in [5.74, 6) is 1.04. The third kappa shape index (κ3) is 3.47. The molecule has 0 aliphatic carbocycles. The predicted molar refractivity (Wildman–Crippen MR) is 107 cm³/mol. The zero-order valence-electron chi connectivity index (χ0n) is 13.4. The van der Waals surface area contributed by atoms with Crippen molar-refractivity contribution in [2.24, 2.45) is 0 Å². The number of carbonyl (C=O) groups is 1. The van der Waals surface area contributed by atoms with Gasteiger partial charge in [-0.2, -0.15) is 0 Å². The molecule has 25 heavy (non-hydrogen) atoms. The first-order chi connectivity index (χ1) is 12.2. The number of benzene rings is 2. The van der Waals surface area contributed by atoms with Gasteiger partial charge in [0.2, 0.25) is 0 Å². The Bertz CT molecular complexity index is 860. The Balaban J connectivity index is 1.56. The molecule has 1 amide bonds. The van der Waals surface area contributed by atoms with Gasteiger partial charge in [0.1, 0.15) is 5.37 Å². The summed E-state index contributed by atoms with van der Waals surface area (Å²) in [6.45, 7) is 0.767. The molecule has 2 heterocycles. The smallest absolute Gasteiger partial charge is 0.255 e. The summed E-state index contributed by atoms with van der Waals surface area (Å²) in [5.41, 5.74) is 3.01. The molecular weight excluding hydrogens is 370 g/mol. The molecule has 1 atom stereocenters. The first-order valence-corrected chi connectivity index (χ1v) is 10.3. The van der Waals surface area contributed by atoms with E-state index in [-0.39, 0.29) is 11.3 Å². The maximum atomic E-state index is 13.0. The molecular formula is C20H16ClNOS2. The Morgan fingerprint density at radius 2 is 1.80 bits per heavy atom. The zero-order chi connectivity index (χ0) is 17.2. The van der Waals surface area contributed by atoms with E-state index in [2.05, 4.69) is 11.4 Å². The van der Waals surface area contributed by atoms with Gasteiger partial charge in [0.05, 0.1) is 0 Å². The van der Waals surface area contributed by atoms with E-state index < -0.39 is 0 Å². The Labute approximate surface area is 160 Å². The number of nitrogens with zero attached hydrogens (tertiary/aromatic N) is 1. The van der Waals surface area contributed by atoms with Crippen molar-refractivity contribution in [3.8, 4) is 10.4 Å². The van der Waals surface area contributed by atoms with Gasteiger partial charge in [0.25, 0.3) is 5.91 Å². The quantitative estimate of drug-likeness (QED) is 0.554. The number of halogens is 1. The molecule has 0 N–H and O–H groups in total. The van der Waals surface area contributed by atoms with Crippen molar-refractivity contribution in [1.29, 1.82) is 0 Å². The largest absolute Gasteiger partial charge is 0.322 e. The molecule has 126 valence electrons. The molecule has 4 rings (SSSR count). The van der Waals surface area contributed by atoms with Crippen LogP contribution in [-0.4, -0.2) is 23.1 Å². The monoisotopic (exact) mass is 385 g/mol. The van der Waals surface area contributed by atoms with E-state index in [1.807, 2.05) is 59.5 Å². The van der Waals surface area contributed by atoms with Crippen molar-refractivity contribution >= 4 is 40.6 Å². The molecule has 0 spiro atoms. The van der Waals surface area contributed by atoms with Crippen LogP contribution in [0.1, 0.15) is 21.3 Å². The van der Waals surface area contributed by atoms with Crippen LogP contribution in [0.15, 0.2) is 66.0 Å². The van der Waals surface area contributed by atoms with E-state index in [9.17, 15) is 4.79 Å². The van der Waals surface area contributed by atoms with Gasteiger partial charge in [-0.05, 0) is 46.8 Å². The number of amides is 1. The standard InChI is InChI=1S/C20H16ClNOS2/c21-17-9-7-16(8-10-17)20-22(11-13-25-20)19(23)15-5-3-14(4-6-15)18-2-1-12-24-18/h1-10,12,20H,11,13H2. The first-order valence-electron chi connectivity index (χ1n) is 8.04. The lowest BCUT2D eigenvalue weighted by molar-refractivity contribution is 0.0760. The Morgan fingerprint density at radius 1 is 1.04 bits per heavy atom. The highest BCUT2D eigenvalue weighted by Gasteiger charge is 2.31. The molecule has 0 saturated carbocycles. The average molecular weight is 386 g/mol. The molecule has 1 aromatic heterocycles. The zero-order valence-corrected chi connectivity index (χ0v) is 15.8. The van der Waals surface area contributed by atoms with E-state index >= 15 is 0 Å². The third-order valence-electron chi connectivity index (χ3n) is 4.24. The second-order valence-electron chi connectivity index (χ2n) is 5.83. The van der Waals surface area contributed by atoms with Crippen LogP contribution >= 0.6 is 34.7 Å². The summed E-state index contributed by atoms with van der Waals surface area (Å²) in [4.78, 5) is 16.2. The normalized spacial score (nSPS) is 17.0. The van der Waals surface area contributed by atoms with Crippen molar-refractivity contribution < 1.29 is 4.79 Å². The van der Waals surface area contributed by atoms with E-state index in [1.165, 1.54) is 4.88 Å². The van der Waals surface area contributed by atoms with Crippen LogP contribution in [-0.2, 0) is 0 Å². The minimum atomic E-state index is 0.0572. The van der Waals surface area contributed by atoms with Gasteiger partial charge in [0.15, 0.2) is 0 Å². The predicted octanol–water partition coefficient (Wildman–Crippen LogP) is 5.96. The van der Waals surface area contributed by atoms with Crippen LogP contribution in [0.2, 0.25) is 5.02 Å². The number of thiophene rings is 1. The summed E-state index contributed by atoms with van der Waals surface area (Å²) < 4.78 is 0. The molecule has 0 bridgehead atoms. The van der Waals surface area contributed by atoms with Gasteiger partial charge < -0.3 is 4.90 Å². The van der Waals surface area contributed by atoms with Gasteiger partial charge in [-0.25, -0.2) is 0 Å². The van der Waals surface area contributed by atoms with Crippen LogP contribution in [0.5, 0.6) is 0 Å². The number of hydrogen-bond donors (Lipinski definition) is 0. The molecule has 0 radical (unpaired) electrons. The highest BCUT2D eigenvalue weighted by atomic mass is 35.5. The van der Waals surface area contributed by atoms with E-state index in [1.54, 1.807) is 23.1 Å². The fourth-order valence-electron chi connectivity index (χ4n) is 2.97. The summed E-state index contributed by atoms with van der Waals surface area (Å²) in [6.07, 6.45) is 0. The van der Waals surface area contributed by atoms with Crippen molar-refractivity contribution in [3.63, 3.8) is 0 Å². The van der Waals surface area contributed by atoms with Gasteiger partial charge in [-0.15, -0.1) is 23.1 Å². The third-order valence-corrected chi connectivity index (χ3v) is 6.68. The van der Waals surface area contributed by atoms with Gasteiger partial charge in [-0.3, -0.25) is 4.79 Å². The van der Waals surface area contributed by atoms with Crippen molar-refractivity contribution in [2.75, 3.05) is 12.3 Å². The second kappa shape index (κ2) is 7.24. The topological polar surface area (TPSA) is 20.3 Å². The number of rotatable bonds is 3. The lowest BCUT2D eigenvalue weighted by Gasteiger charge is -2.24. The van der Waals surface area contributed by atoms with Crippen molar-refractivity contribution in [2.45, 2.75) is 5.37 Å². The van der Waals surface area contributed by atoms with Crippen LogP contribution in [0.3, 0.4) is 0 Å². The second-order valence-corrected chi connectivity index (χ2v) is 8.40. The lowest BCUT2D eigenvalue weighted by atomic mass is 10.1. The van der Waals surface area contributed by atoms with Crippen molar-refractivity contribution in [1.82, 2.24) is 4.90 Å². The first kappa shape index (κ1) is 16.7.